The molecule has 2 rings (SSSR count). The van der Waals surface area contributed by atoms with Gasteiger partial charge in [0.2, 0.25) is 0 Å². The maximum Gasteiger partial charge on any atom is 0.387 e. The standard InChI is InChI=1S/C15H15F2NO/c1-11(18-13-5-3-2-4-6-13)12-7-9-14(10-8-12)19-15(16)17/h2-11,15,18H,1H3. The Morgan fingerprint density at radius 1 is 0.947 bits per heavy atom. The molecule has 0 radical (unpaired) electrons. The summed E-state index contributed by atoms with van der Waals surface area (Å²) in [6.07, 6.45) is 0. The molecule has 0 fully saturated rings. The van der Waals surface area contributed by atoms with Crippen molar-refractivity contribution in [3.8, 4) is 5.75 Å². The van der Waals surface area contributed by atoms with Crippen LogP contribution in [-0.4, -0.2) is 6.61 Å². The number of para-hydroxylation sites is 1. The predicted molar refractivity (Wildman–Crippen MR) is 71.6 cm³/mol. The van der Waals surface area contributed by atoms with Crippen LogP contribution in [0.5, 0.6) is 5.75 Å². The lowest BCUT2D eigenvalue weighted by molar-refractivity contribution is -0.0498. The summed E-state index contributed by atoms with van der Waals surface area (Å²) < 4.78 is 28.4. The third-order valence-electron chi connectivity index (χ3n) is 2.76. The van der Waals surface area contributed by atoms with Gasteiger partial charge in [-0.15, -0.1) is 0 Å². The smallest absolute Gasteiger partial charge is 0.387 e. The van der Waals surface area contributed by atoms with Crippen LogP contribution in [0.1, 0.15) is 18.5 Å². The zero-order valence-electron chi connectivity index (χ0n) is 10.5. The number of alkyl halides is 2. The maximum absolute atomic E-state index is 12.0. The molecule has 0 aliphatic heterocycles. The summed E-state index contributed by atoms with van der Waals surface area (Å²) >= 11 is 0. The van der Waals surface area contributed by atoms with E-state index in [4.69, 9.17) is 0 Å². The Morgan fingerprint density at radius 2 is 1.58 bits per heavy atom. The summed E-state index contributed by atoms with van der Waals surface area (Å²) in [4.78, 5) is 0. The summed E-state index contributed by atoms with van der Waals surface area (Å²) in [6, 6.07) is 16.5. The number of hydrogen-bond donors (Lipinski definition) is 1. The molecule has 0 saturated heterocycles. The van der Waals surface area contributed by atoms with Gasteiger partial charge in [0.15, 0.2) is 0 Å². The quantitative estimate of drug-likeness (QED) is 0.859. The van der Waals surface area contributed by atoms with Crippen molar-refractivity contribution in [3.63, 3.8) is 0 Å². The Hall–Kier alpha value is -2.10. The molecule has 1 unspecified atom stereocenters. The van der Waals surface area contributed by atoms with Crippen molar-refractivity contribution in [2.24, 2.45) is 0 Å². The second kappa shape index (κ2) is 6.18. The normalized spacial score (nSPS) is 12.2. The minimum absolute atomic E-state index is 0.0861. The highest BCUT2D eigenvalue weighted by Crippen LogP contribution is 2.22. The molecule has 100 valence electrons. The molecule has 0 bridgehead atoms. The van der Waals surface area contributed by atoms with Crippen LogP contribution in [0.2, 0.25) is 0 Å². The highest BCUT2D eigenvalue weighted by molar-refractivity contribution is 5.45. The Morgan fingerprint density at radius 3 is 2.16 bits per heavy atom. The Balaban J connectivity index is 2.01. The van der Waals surface area contributed by atoms with E-state index in [-0.39, 0.29) is 11.8 Å². The van der Waals surface area contributed by atoms with Gasteiger partial charge >= 0.3 is 6.61 Å². The number of benzene rings is 2. The SMILES string of the molecule is CC(Nc1ccccc1)c1ccc(OC(F)F)cc1. The molecule has 0 spiro atoms. The van der Waals surface area contributed by atoms with Crippen LogP contribution in [-0.2, 0) is 0 Å². The first-order chi connectivity index (χ1) is 9.15. The Labute approximate surface area is 111 Å². The summed E-state index contributed by atoms with van der Waals surface area (Å²) in [5.41, 5.74) is 2.02. The molecule has 0 saturated carbocycles. The molecule has 2 aromatic rings. The molecule has 0 amide bonds. The number of halogens is 2. The van der Waals surface area contributed by atoms with Crippen LogP contribution >= 0.6 is 0 Å². The van der Waals surface area contributed by atoms with Gasteiger partial charge in [-0.1, -0.05) is 30.3 Å². The van der Waals surface area contributed by atoms with Crippen LogP contribution in [0, 0.1) is 0 Å². The van der Waals surface area contributed by atoms with Gasteiger partial charge in [-0.25, -0.2) is 0 Å². The van der Waals surface area contributed by atoms with Gasteiger partial charge in [0, 0.05) is 11.7 Å². The summed E-state index contributed by atoms with van der Waals surface area (Å²) in [5, 5.41) is 3.33. The van der Waals surface area contributed by atoms with E-state index in [1.54, 1.807) is 24.3 Å². The summed E-state index contributed by atoms with van der Waals surface area (Å²) in [7, 11) is 0. The molecule has 1 atom stereocenters. The second-order valence-corrected chi connectivity index (χ2v) is 4.18. The number of ether oxygens (including phenoxy) is 1. The third kappa shape index (κ3) is 3.95. The van der Waals surface area contributed by atoms with Crippen molar-refractivity contribution in [2.45, 2.75) is 19.6 Å². The lowest BCUT2D eigenvalue weighted by Gasteiger charge is -2.16. The highest BCUT2D eigenvalue weighted by Gasteiger charge is 2.07. The van der Waals surface area contributed by atoms with Crippen LogP contribution in [0.15, 0.2) is 54.6 Å². The minimum atomic E-state index is -2.79. The van der Waals surface area contributed by atoms with Gasteiger partial charge in [-0.2, -0.15) is 8.78 Å². The van der Waals surface area contributed by atoms with Crippen molar-refractivity contribution in [1.29, 1.82) is 0 Å². The first-order valence-electron chi connectivity index (χ1n) is 6.01. The predicted octanol–water partition coefficient (Wildman–Crippen LogP) is 4.46. The summed E-state index contributed by atoms with van der Waals surface area (Å²) in [5.74, 6) is 0.172. The molecule has 0 aliphatic carbocycles. The van der Waals surface area contributed by atoms with Crippen LogP contribution in [0.25, 0.3) is 0 Å². The minimum Gasteiger partial charge on any atom is -0.435 e. The molecule has 0 heterocycles. The van der Waals surface area contributed by atoms with Crippen molar-refractivity contribution in [1.82, 2.24) is 0 Å². The number of anilines is 1. The Bertz CT molecular complexity index is 499. The fourth-order valence-electron chi connectivity index (χ4n) is 1.81. The molecular formula is C15H15F2NO. The van der Waals surface area contributed by atoms with Gasteiger partial charge in [0.05, 0.1) is 0 Å². The fourth-order valence-corrected chi connectivity index (χ4v) is 1.81. The van der Waals surface area contributed by atoms with E-state index in [0.717, 1.165) is 11.3 Å². The van der Waals surface area contributed by atoms with Gasteiger partial charge in [0.25, 0.3) is 0 Å². The largest absolute Gasteiger partial charge is 0.435 e. The van der Waals surface area contributed by atoms with E-state index in [2.05, 4.69) is 10.1 Å². The topological polar surface area (TPSA) is 21.3 Å². The van der Waals surface area contributed by atoms with Crippen molar-refractivity contribution >= 4 is 5.69 Å². The molecule has 19 heavy (non-hydrogen) atoms. The van der Waals surface area contributed by atoms with E-state index in [9.17, 15) is 8.78 Å². The zero-order chi connectivity index (χ0) is 13.7. The zero-order valence-corrected chi connectivity index (χ0v) is 10.5. The number of nitrogens with one attached hydrogen (secondary N) is 1. The van der Waals surface area contributed by atoms with E-state index in [0.29, 0.717) is 0 Å². The second-order valence-electron chi connectivity index (χ2n) is 4.18. The molecule has 0 aliphatic rings. The van der Waals surface area contributed by atoms with Gasteiger partial charge in [-0.05, 0) is 36.8 Å². The van der Waals surface area contributed by atoms with E-state index in [1.807, 2.05) is 37.3 Å². The molecule has 4 heteroatoms. The molecule has 1 N–H and O–H groups in total. The van der Waals surface area contributed by atoms with E-state index >= 15 is 0 Å². The maximum atomic E-state index is 12.0. The monoisotopic (exact) mass is 263 g/mol. The van der Waals surface area contributed by atoms with Crippen molar-refractivity contribution in [2.75, 3.05) is 5.32 Å². The van der Waals surface area contributed by atoms with Gasteiger partial charge in [0.1, 0.15) is 5.75 Å². The number of rotatable bonds is 5. The fraction of sp³-hybridized carbons (Fsp3) is 0.200. The highest BCUT2D eigenvalue weighted by atomic mass is 19.3. The van der Waals surface area contributed by atoms with E-state index < -0.39 is 6.61 Å². The molecule has 2 nitrogen and oxygen atoms in total. The Kier molecular flexibility index (Phi) is 4.34. The molecular weight excluding hydrogens is 248 g/mol. The van der Waals surface area contributed by atoms with Crippen molar-refractivity contribution < 1.29 is 13.5 Å². The average molecular weight is 263 g/mol. The van der Waals surface area contributed by atoms with Crippen molar-refractivity contribution in [3.05, 3.63) is 60.2 Å². The van der Waals surface area contributed by atoms with Gasteiger partial charge in [-0.3, -0.25) is 0 Å². The molecule has 0 aromatic heterocycles. The first-order valence-corrected chi connectivity index (χ1v) is 6.01. The average Bonchev–Trinajstić information content (AvgIpc) is 2.40. The van der Waals surface area contributed by atoms with Crippen LogP contribution in [0.4, 0.5) is 14.5 Å². The third-order valence-corrected chi connectivity index (χ3v) is 2.76. The van der Waals surface area contributed by atoms with Crippen LogP contribution < -0.4 is 10.1 Å². The lowest BCUT2D eigenvalue weighted by Crippen LogP contribution is -2.07. The number of hydrogen-bond acceptors (Lipinski definition) is 2. The first kappa shape index (κ1) is 13.3. The summed E-state index contributed by atoms with van der Waals surface area (Å²) in [6.45, 7) is -0.776. The van der Waals surface area contributed by atoms with Gasteiger partial charge < -0.3 is 10.1 Å². The molecule has 2 aromatic carbocycles. The van der Waals surface area contributed by atoms with Crippen LogP contribution in [0.3, 0.4) is 0 Å². The lowest BCUT2D eigenvalue weighted by atomic mass is 10.1. The van der Waals surface area contributed by atoms with E-state index in [1.165, 1.54) is 0 Å².